The van der Waals surface area contributed by atoms with Crippen molar-refractivity contribution < 1.29 is 24.6 Å². The van der Waals surface area contributed by atoms with Crippen LogP contribution >= 0.6 is 15.9 Å². The molecule has 0 saturated carbocycles. The maximum Gasteiger partial charge on any atom is 0.303 e. The molecule has 0 aliphatic carbocycles. The van der Waals surface area contributed by atoms with Crippen LogP contribution < -0.4 is 0 Å². The Bertz CT molecular complexity index is 517. The second-order valence-corrected chi connectivity index (χ2v) is 5.85. The first kappa shape index (κ1) is 17.4. The zero-order chi connectivity index (χ0) is 16.0. The van der Waals surface area contributed by atoms with Gasteiger partial charge in [0.25, 0.3) is 0 Å². The Morgan fingerprint density at radius 3 is 1.76 bits per heavy atom. The molecule has 1 aromatic rings. The zero-order valence-electron chi connectivity index (χ0n) is 11.6. The summed E-state index contributed by atoms with van der Waals surface area (Å²) in [5.41, 5.74) is -0.419. The number of hydrogen-bond acceptors (Lipinski definition) is 3. The lowest BCUT2D eigenvalue weighted by Crippen LogP contribution is -2.35. The average Bonchev–Trinajstić information content (AvgIpc) is 2.39. The van der Waals surface area contributed by atoms with E-state index in [1.165, 1.54) is 6.92 Å². The lowest BCUT2D eigenvalue weighted by Gasteiger charge is -2.31. The molecule has 114 valence electrons. The summed E-state index contributed by atoms with van der Waals surface area (Å²) in [6.07, 6.45) is -0.191. The van der Waals surface area contributed by atoms with Gasteiger partial charge in [-0.25, -0.2) is 0 Å². The summed E-state index contributed by atoms with van der Waals surface area (Å²) in [7, 11) is 0. The summed E-state index contributed by atoms with van der Waals surface area (Å²) >= 11 is 3.30. The Morgan fingerprint density at radius 1 is 1.00 bits per heavy atom. The second-order valence-electron chi connectivity index (χ2n) is 4.93. The van der Waals surface area contributed by atoms with Gasteiger partial charge >= 0.3 is 11.9 Å². The van der Waals surface area contributed by atoms with Gasteiger partial charge in [-0.2, -0.15) is 0 Å². The minimum atomic E-state index is -1.07. The maximum absolute atomic E-state index is 12.2. The van der Waals surface area contributed by atoms with Crippen molar-refractivity contribution in [3.63, 3.8) is 0 Å². The molecule has 0 fully saturated rings. The SMILES string of the molecule is CC(=O)C(CCC(=O)O)(CCC(=O)O)c1ccc(Br)cc1. The molecule has 0 aromatic heterocycles. The predicted octanol–water partition coefficient (Wildman–Crippen LogP) is 3.01. The summed E-state index contributed by atoms with van der Waals surface area (Å²) in [5, 5.41) is 17.8. The highest BCUT2D eigenvalue weighted by molar-refractivity contribution is 9.10. The number of halogens is 1. The van der Waals surface area contributed by atoms with E-state index in [9.17, 15) is 14.4 Å². The van der Waals surface area contributed by atoms with Crippen molar-refractivity contribution in [3.8, 4) is 0 Å². The third-order valence-corrected chi connectivity index (χ3v) is 4.13. The van der Waals surface area contributed by atoms with Crippen LogP contribution in [0.1, 0.15) is 38.2 Å². The molecule has 0 aliphatic heterocycles. The summed E-state index contributed by atoms with van der Waals surface area (Å²) < 4.78 is 0.833. The number of aliphatic carboxylic acids is 2. The first-order chi connectivity index (χ1) is 9.78. The van der Waals surface area contributed by atoms with Crippen molar-refractivity contribution in [3.05, 3.63) is 34.3 Å². The maximum atomic E-state index is 12.2. The van der Waals surface area contributed by atoms with E-state index in [2.05, 4.69) is 15.9 Å². The molecule has 5 nitrogen and oxygen atoms in total. The van der Waals surface area contributed by atoms with Gasteiger partial charge in [0.1, 0.15) is 5.78 Å². The summed E-state index contributed by atoms with van der Waals surface area (Å²) in [6, 6.07) is 6.98. The first-order valence-corrected chi connectivity index (χ1v) is 7.28. The summed E-state index contributed by atoms with van der Waals surface area (Å²) in [6.45, 7) is 1.38. The zero-order valence-corrected chi connectivity index (χ0v) is 13.2. The standard InChI is InChI=1S/C15H17BrO5/c1-10(17)15(8-6-13(18)19,9-7-14(20)21)11-2-4-12(16)5-3-11/h2-5H,6-9H2,1H3,(H,18,19)(H,20,21). The molecule has 0 aliphatic rings. The van der Waals surface area contributed by atoms with E-state index >= 15 is 0 Å². The van der Waals surface area contributed by atoms with Gasteiger partial charge in [0.05, 0.1) is 5.41 Å². The van der Waals surface area contributed by atoms with E-state index in [0.29, 0.717) is 5.56 Å². The number of rotatable bonds is 8. The van der Waals surface area contributed by atoms with E-state index in [1.54, 1.807) is 24.3 Å². The van der Waals surface area contributed by atoms with Crippen LogP contribution in [0.2, 0.25) is 0 Å². The van der Waals surface area contributed by atoms with Crippen LogP contribution in [0.4, 0.5) is 0 Å². The van der Waals surface area contributed by atoms with Crippen LogP contribution in [-0.2, 0) is 19.8 Å². The number of carbonyl (C=O) groups excluding carboxylic acids is 1. The van der Waals surface area contributed by atoms with Gasteiger partial charge in [0, 0.05) is 17.3 Å². The van der Waals surface area contributed by atoms with Crippen molar-refractivity contribution in [2.75, 3.05) is 0 Å². The third kappa shape index (κ3) is 4.67. The topological polar surface area (TPSA) is 91.7 Å². The molecule has 0 spiro atoms. The van der Waals surface area contributed by atoms with Crippen LogP contribution in [0, 0.1) is 0 Å². The smallest absolute Gasteiger partial charge is 0.303 e. The number of carbonyl (C=O) groups is 3. The Kier molecular flexibility index (Phi) is 6.08. The fourth-order valence-electron chi connectivity index (χ4n) is 2.38. The number of ketones is 1. The Labute approximate surface area is 131 Å². The van der Waals surface area contributed by atoms with Crippen LogP contribution in [0.3, 0.4) is 0 Å². The van der Waals surface area contributed by atoms with Crippen molar-refractivity contribution in [1.82, 2.24) is 0 Å². The Morgan fingerprint density at radius 2 is 1.43 bits per heavy atom. The highest BCUT2D eigenvalue weighted by Crippen LogP contribution is 2.36. The quantitative estimate of drug-likeness (QED) is 0.746. The normalized spacial score (nSPS) is 11.1. The molecule has 0 bridgehead atoms. The third-order valence-electron chi connectivity index (χ3n) is 3.60. The fraction of sp³-hybridized carbons (Fsp3) is 0.400. The largest absolute Gasteiger partial charge is 0.481 e. The molecule has 0 heterocycles. The van der Waals surface area contributed by atoms with E-state index in [1.807, 2.05) is 0 Å². The average molecular weight is 357 g/mol. The molecule has 1 rings (SSSR count). The van der Waals surface area contributed by atoms with Crippen molar-refractivity contribution in [2.45, 2.75) is 38.0 Å². The number of hydrogen-bond donors (Lipinski definition) is 2. The van der Waals surface area contributed by atoms with Crippen LogP contribution in [0.25, 0.3) is 0 Å². The van der Waals surface area contributed by atoms with Crippen molar-refractivity contribution >= 4 is 33.7 Å². The molecule has 0 amide bonds. The molecule has 0 saturated heterocycles. The van der Waals surface area contributed by atoms with Crippen molar-refractivity contribution in [1.29, 1.82) is 0 Å². The number of carboxylic acids is 2. The Hall–Kier alpha value is -1.69. The molecule has 0 unspecified atom stereocenters. The van der Waals surface area contributed by atoms with Crippen molar-refractivity contribution in [2.24, 2.45) is 0 Å². The lowest BCUT2D eigenvalue weighted by atomic mass is 9.70. The first-order valence-electron chi connectivity index (χ1n) is 6.48. The van der Waals surface area contributed by atoms with Gasteiger partial charge in [-0.15, -0.1) is 0 Å². The number of Topliss-reactive ketones (excluding diaryl/α,β-unsaturated/α-hetero) is 1. The molecular weight excluding hydrogens is 340 g/mol. The van der Waals surface area contributed by atoms with E-state index in [4.69, 9.17) is 10.2 Å². The van der Waals surface area contributed by atoms with Gasteiger partial charge in [0.15, 0.2) is 0 Å². The second kappa shape index (κ2) is 7.36. The van der Waals surface area contributed by atoms with Crippen LogP contribution in [0.5, 0.6) is 0 Å². The summed E-state index contributed by atoms with van der Waals surface area (Å²) in [5.74, 6) is -2.23. The highest BCUT2D eigenvalue weighted by Gasteiger charge is 2.37. The summed E-state index contributed by atoms with van der Waals surface area (Å²) in [4.78, 5) is 33.9. The monoisotopic (exact) mass is 356 g/mol. The van der Waals surface area contributed by atoms with Gasteiger partial charge in [-0.3, -0.25) is 14.4 Å². The van der Waals surface area contributed by atoms with Gasteiger partial charge < -0.3 is 10.2 Å². The highest BCUT2D eigenvalue weighted by atomic mass is 79.9. The molecule has 1 aromatic carbocycles. The van der Waals surface area contributed by atoms with E-state index in [0.717, 1.165) is 4.47 Å². The molecule has 0 atom stereocenters. The molecule has 21 heavy (non-hydrogen) atoms. The van der Waals surface area contributed by atoms with Crippen LogP contribution in [0.15, 0.2) is 28.7 Å². The molecular formula is C15H17BrO5. The van der Waals surface area contributed by atoms with Crippen LogP contribution in [-0.4, -0.2) is 27.9 Å². The van der Waals surface area contributed by atoms with Gasteiger partial charge in [-0.05, 0) is 37.5 Å². The lowest BCUT2D eigenvalue weighted by molar-refractivity contribution is -0.137. The van der Waals surface area contributed by atoms with Gasteiger partial charge in [0.2, 0.25) is 0 Å². The molecule has 6 heteroatoms. The fourth-order valence-corrected chi connectivity index (χ4v) is 2.64. The Balaban J connectivity index is 3.21. The number of benzene rings is 1. The van der Waals surface area contributed by atoms with E-state index in [-0.39, 0.29) is 31.5 Å². The molecule has 2 N–H and O–H groups in total. The molecule has 0 radical (unpaired) electrons. The number of carboxylic acid groups (broad SMARTS) is 2. The predicted molar refractivity (Wildman–Crippen MR) is 80.2 cm³/mol. The minimum Gasteiger partial charge on any atom is -0.481 e. The minimum absolute atomic E-state index is 0.0899. The van der Waals surface area contributed by atoms with Gasteiger partial charge in [-0.1, -0.05) is 28.1 Å². The van der Waals surface area contributed by atoms with E-state index < -0.39 is 17.4 Å².